The van der Waals surface area contributed by atoms with Crippen LogP contribution < -0.4 is 16.0 Å². The van der Waals surface area contributed by atoms with Gasteiger partial charge in [-0.25, -0.2) is 0 Å². The highest BCUT2D eigenvalue weighted by Gasteiger charge is 2.24. The summed E-state index contributed by atoms with van der Waals surface area (Å²) in [6.45, 7) is 2.95. The Hall–Kier alpha value is -1.88. The van der Waals surface area contributed by atoms with E-state index in [1.54, 1.807) is 0 Å². The van der Waals surface area contributed by atoms with Crippen LogP contribution in [0.25, 0.3) is 0 Å². The number of hydrogen-bond acceptors (Lipinski definition) is 3. The molecule has 1 aromatic rings. The molecule has 1 atom stereocenters. The number of anilines is 1. The van der Waals surface area contributed by atoms with Gasteiger partial charge >= 0.3 is 0 Å². The second kappa shape index (κ2) is 5.84. The third-order valence-electron chi connectivity index (χ3n) is 3.41. The molecule has 3 N–H and O–H groups in total. The summed E-state index contributed by atoms with van der Waals surface area (Å²) >= 11 is 0. The molecule has 0 saturated carbocycles. The third kappa shape index (κ3) is 3.12. The van der Waals surface area contributed by atoms with Gasteiger partial charge in [-0.3, -0.25) is 9.59 Å². The highest BCUT2D eigenvalue weighted by Crippen LogP contribution is 2.22. The highest BCUT2D eigenvalue weighted by atomic mass is 16.2. The van der Waals surface area contributed by atoms with Gasteiger partial charge in [0.2, 0.25) is 11.8 Å². The number of carbonyl (C=O) groups is 2. The van der Waals surface area contributed by atoms with Crippen LogP contribution in [-0.2, 0) is 9.59 Å². The zero-order chi connectivity index (χ0) is 13.8. The molecule has 5 nitrogen and oxygen atoms in total. The van der Waals surface area contributed by atoms with E-state index in [2.05, 4.69) is 12.2 Å². The molecule has 102 valence electrons. The molecule has 0 aliphatic carbocycles. The Labute approximate surface area is 112 Å². The fourth-order valence-electron chi connectivity index (χ4n) is 2.19. The number of nitrogens with one attached hydrogen (secondary N) is 1. The van der Waals surface area contributed by atoms with Crippen molar-refractivity contribution in [2.45, 2.75) is 19.3 Å². The van der Waals surface area contributed by atoms with Crippen molar-refractivity contribution in [3.8, 4) is 0 Å². The first-order valence-corrected chi connectivity index (χ1v) is 6.49. The van der Waals surface area contributed by atoms with E-state index in [9.17, 15) is 9.59 Å². The average molecular weight is 261 g/mol. The lowest BCUT2D eigenvalue weighted by molar-refractivity contribution is -0.128. The average Bonchev–Trinajstić information content (AvgIpc) is 2.42. The Bertz CT molecular complexity index is 470. The number of hydrogen-bond donors (Lipinski definition) is 2. The molecule has 5 heteroatoms. The number of nitrogens with zero attached hydrogens (tertiary/aromatic N) is 1. The number of amides is 2. The van der Waals surface area contributed by atoms with Crippen LogP contribution >= 0.6 is 0 Å². The van der Waals surface area contributed by atoms with Gasteiger partial charge in [-0.1, -0.05) is 19.1 Å². The summed E-state index contributed by atoms with van der Waals surface area (Å²) in [4.78, 5) is 24.6. The zero-order valence-corrected chi connectivity index (χ0v) is 11.1. The summed E-state index contributed by atoms with van der Waals surface area (Å²) < 4.78 is 0. The van der Waals surface area contributed by atoms with E-state index in [0.29, 0.717) is 12.5 Å². The van der Waals surface area contributed by atoms with Crippen molar-refractivity contribution in [3.05, 3.63) is 29.8 Å². The molecule has 1 saturated heterocycles. The van der Waals surface area contributed by atoms with Crippen molar-refractivity contribution in [2.24, 2.45) is 5.73 Å². The van der Waals surface area contributed by atoms with Gasteiger partial charge < -0.3 is 16.0 Å². The molecule has 0 radical (unpaired) electrons. The smallest absolute Gasteiger partial charge is 0.246 e. The van der Waals surface area contributed by atoms with Crippen LogP contribution in [0.15, 0.2) is 24.3 Å². The highest BCUT2D eigenvalue weighted by molar-refractivity contribution is 6.04. The molecule has 1 aliphatic heterocycles. The van der Waals surface area contributed by atoms with Crippen LogP contribution in [0.1, 0.15) is 24.8 Å². The second-order valence-electron chi connectivity index (χ2n) is 4.83. The van der Waals surface area contributed by atoms with Gasteiger partial charge in [0.15, 0.2) is 0 Å². The van der Waals surface area contributed by atoms with E-state index in [-0.39, 0.29) is 24.9 Å². The standard InChI is InChI=1S/C14H19N3O2/c1-10(6-7-15)11-2-4-12(5-3-11)17-9-13(18)16-8-14(17)19/h2-5,10H,6-9,15H2,1H3,(H,16,18). The molecule has 2 amide bonds. The largest absolute Gasteiger partial charge is 0.345 e. The molecule has 0 aromatic heterocycles. The Morgan fingerprint density at radius 1 is 1.32 bits per heavy atom. The zero-order valence-electron chi connectivity index (χ0n) is 11.1. The van der Waals surface area contributed by atoms with E-state index in [4.69, 9.17) is 5.73 Å². The third-order valence-corrected chi connectivity index (χ3v) is 3.41. The predicted octanol–water partition coefficient (Wildman–Crippen LogP) is 0.602. The molecule has 1 unspecified atom stereocenters. The minimum absolute atomic E-state index is 0.0736. The van der Waals surface area contributed by atoms with Crippen molar-refractivity contribution in [2.75, 3.05) is 24.5 Å². The van der Waals surface area contributed by atoms with E-state index in [1.807, 2.05) is 24.3 Å². The summed E-state index contributed by atoms with van der Waals surface area (Å²) in [5.41, 5.74) is 7.51. The van der Waals surface area contributed by atoms with Gasteiger partial charge in [-0.05, 0) is 36.6 Å². The lowest BCUT2D eigenvalue weighted by Crippen LogP contribution is -2.51. The first-order valence-electron chi connectivity index (χ1n) is 6.49. The van der Waals surface area contributed by atoms with E-state index >= 15 is 0 Å². The van der Waals surface area contributed by atoms with E-state index in [1.165, 1.54) is 10.5 Å². The maximum atomic E-state index is 11.8. The van der Waals surface area contributed by atoms with Crippen molar-refractivity contribution >= 4 is 17.5 Å². The predicted molar refractivity (Wildman–Crippen MR) is 73.9 cm³/mol. The fraction of sp³-hybridized carbons (Fsp3) is 0.429. The molecule has 1 aromatic carbocycles. The Balaban J connectivity index is 2.13. The van der Waals surface area contributed by atoms with Crippen LogP contribution in [0.5, 0.6) is 0 Å². The number of piperazine rings is 1. The van der Waals surface area contributed by atoms with Crippen LogP contribution in [0.3, 0.4) is 0 Å². The van der Waals surface area contributed by atoms with Crippen LogP contribution in [0.2, 0.25) is 0 Å². The minimum atomic E-state index is -0.125. The topological polar surface area (TPSA) is 75.4 Å². The van der Waals surface area contributed by atoms with E-state index in [0.717, 1.165) is 12.1 Å². The number of carbonyl (C=O) groups excluding carboxylic acids is 2. The molecule has 2 rings (SSSR count). The first kappa shape index (κ1) is 13.5. The SMILES string of the molecule is CC(CCN)c1ccc(N2CC(=O)NCC2=O)cc1. The first-order chi connectivity index (χ1) is 9.11. The normalized spacial score (nSPS) is 17.3. The van der Waals surface area contributed by atoms with Crippen LogP contribution in [0, 0.1) is 0 Å². The van der Waals surface area contributed by atoms with Gasteiger partial charge in [0, 0.05) is 5.69 Å². The number of nitrogens with two attached hydrogens (primary N) is 1. The lowest BCUT2D eigenvalue weighted by Gasteiger charge is -2.27. The number of benzene rings is 1. The molecule has 1 fully saturated rings. The summed E-state index contributed by atoms with van der Waals surface area (Å²) in [6, 6.07) is 7.77. The second-order valence-corrected chi connectivity index (χ2v) is 4.83. The molecule has 0 spiro atoms. The van der Waals surface area contributed by atoms with Crippen LogP contribution in [-0.4, -0.2) is 31.4 Å². The van der Waals surface area contributed by atoms with Gasteiger partial charge in [0.25, 0.3) is 0 Å². The summed E-state index contributed by atoms with van der Waals surface area (Å²) in [5.74, 6) is 0.196. The molecule has 0 bridgehead atoms. The molecule has 19 heavy (non-hydrogen) atoms. The Morgan fingerprint density at radius 2 is 2.00 bits per heavy atom. The van der Waals surface area contributed by atoms with Crippen molar-refractivity contribution in [1.29, 1.82) is 0 Å². The van der Waals surface area contributed by atoms with Gasteiger partial charge in [0.1, 0.15) is 6.54 Å². The quantitative estimate of drug-likeness (QED) is 0.833. The Morgan fingerprint density at radius 3 is 2.63 bits per heavy atom. The monoisotopic (exact) mass is 261 g/mol. The maximum Gasteiger partial charge on any atom is 0.246 e. The molecule has 1 heterocycles. The summed E-state index contributed by atoms with van der Waals surface area (Å²) in [6.07, 6.45) is 0.935. The van der Waals surface area contributed by atoms with Gasteiger partial charge in [-0.15, -0.1) is 0 Å². The van der Waals surface area contributed by atoms with Gasteiger partial charge in [0.05, 0.1) is 6.54 Å². The summed E-state index contributed by atoms with van der Waals surface area (Å²) in [5, 5.41) is 2.53. The van der Waals surface area contributed by atoms with E-state index < -0.39 is 0 Å². The minimum Gasteiger partial charge on any atom is -0.345 e. The maximum absolute atomic E-state index is 11.8. The van der Waals surface area contributed by atoms with Crippen molar-refractivity contribution < 1.29 is 9.59 Å². The van der Waals surface area contributed by atoms with Crippen molar-refractivity contribution in [3.63, 3.8) is 0 Å². The van der Waals surface area contributed by atoms with Crippen molar-refractivity contribution in [1.82, 2.24) is 5.32 Å². The molecular formula is C14H19N3O2. The van der Waals surface area contributed by atoms with Crippen LogP contribution in [0.4, 0.5) is 5.69 Å². The number of rotatable bonds is 4. The van der Waals surface area contributed by atoms with Gasteiger partial charge in [-0.2, -0.15) is 0 Å². The summed E-state index contributed by atoms with van der Waals surface area (Å²) in [7, 11) is 0. The fourth-order valence-corrected chi connectivity index (χ4v) is 2.19. The molecule has 1 aliphatic rings. The Kier molecular flexibility index (Phi) is 4.16. The molecular weight excluding hydrogens is 242 g/mol. The lowest BCUT2D eigenvalue weighted by atomic mass is 9.97.